The van der Waals surface area contributed by atoms with E-state index in [4.69, 9.17) is 4.42 Å². The first kappa shape index (κ1) is 22.1. The van der Waals surface area contributed by atoms with Gasteiger partial charge in [-0.1, -0.05) is 109 Å². The summed E-state index contributed by atoms with van der Waals surface area (Å²) in [5, 5.41) is 7.35. The lowest BCUT2D eigenvalue weighted by Crippen LogP contribution is -2.38. The van der Waals surface area contributed by atoms with Crippen LogP contribution in [0.5, 0.6) is 0 Å². The Morgan fingerprint density at radius 2 is 1.05 bits per heavy atom. The van der Waals surface area contributed by atoms with Gasteiger partial charge in [0.25, 0.3) is 0 Å². The van der Waals surface area contributed by atoms with Crippen molar-refractivity contribution in [3.05, 3.63) is 156 Å². The number of furan rings is 1. The largest absolute Gasteiger partial charge is 0.456 e. The monoisotopic (exact) mass is 545 g/mol. The summed E-state index contributed by atoms with van der Waals surface area (Å²) in [4.78, 5) is 0. The summed E-state index contributed by atoms with van der Waals surface area (Å²) in [5.41, 5.74) is 13.2. The molecule has 11 rings (SSSR count). The quantitative estimate of drug-likeness (QED) is 0.185. The maximum absolute atomic E-state index is 6.37. The van der Waals surface area contributed by atoms with Gasteiger partial charge < -0.3 is 8.98 Å². The zero-order chi connectivity index (χ0) is 27.9. The zero-order valence-electron chi connectivity index (χ0n) is 23.1. The molecule has 2 heteroatoms. The molecule has 2 aliphatic rings. The van der Waals surface area contributed by atoms with Gasteiger partial charge in [0.05, 0.1) is 11.0 Å². The van der Waals surface area contributed by atoms with Crippen LogP contribution in [0.2, 0.25) is 0 Å². The van der Waals surface area contributed by atoms with Gasteiger partial charge in [-0.3, -0.25) is 0 Å². The Morgan fingerprint density at radius 1 is 0.442 bits per heavy atom. The van der Waals surface area contributed by atoms with Crippen LogP contribution in [-0.2, 0) is 5.54 Å². The van der Waals surface area contributed by atoms with Gasteiger partial charge in [-0.05, 0) is 74.5 Å². The van der Waals surface area contributed by atoms with Crippen LogP contribution < -0.4 is 0 Å². The van der Waals surface area contributed by atoms with Gasteiger partial charge >= 0.3 is 0 Å². The van der Waals surface area contributed by atoms with Gasteiger partial charge in [-0.2, -0.15) is 0 Å². The fourth-order valence-corrected chi connectivity index (χ4v) is 8.56. The Hall–Kier alpha value is -5.60. The van der Waals surface area contributed by atoms with E-state index in [0.717, 1.165) is 21.9 Å². The molecule has 7 aromatic carbocycles. The van der Waals surface area contributed by atoms with E-state index in [-0.39, 0.29) is 0 Å². The molecule has 0 unspecified atom stereocenters. The van der Waals surface area contributed by atoms with E-state index >= 15 is 0 Å². The fraction of sp³-hybridized carbons (Fsp3) is 0.0244. The lowest BCUT2D eigenvalue weighted by molar-refractivity contribution is 0.560. The van der Waals surface area contributed by atoms with Gasteiger partial charge in [0, 0.05) is 27.1 Å². The van der Waals surface area contributed by atoms with Crippen molar-refractivity contribution in [2.75, 3.05) is 0 Å². The minimum atomic E-state index is -0.488. The molecule has 2 aromatic heterocycles. The van der Waals surface area contributed by atoms with Gasteiger partial charge in [-0.15, -0.1) is 0 Å². The third kappa shape index (κ3) is 2.42. The molecule has 0 saturated heterocycles. The third-order valence-corrected chi connectivity index (χ3v) is 10.1. The van der Waals surface area contributed by atoms with Crippen molar-refractivity contribution in [2.24, 2.45) is 0 Å². The van der Waals surface area contributed by atoms with Gasteiger partial charge in [0.15, 0.2) is 0 Å². The first-order valence-electron chi connectivity index (χ1n) is 14.9. The SMILES string of the molecule is c1ccc2c(c1)-c1ccccc1C21c2ccccc2-c2c3cc4c(cc3cc3c5ccccc5n1c23)oc1ccccc14. The van der Waals surface area contributed by atoms with E-state index in [1.165, 1.54) is 71.5 Å². The topological polar surface area (TPSA) is 18.1 Å². The third-order valence-electron chi connectivity index (χ3n) is 10.1. The molecule has 1 spiro atoms. The summed E-state index contributed by atoms with van der Waals surface area (Å²) in [6, 6.07) is 51.5. The van der Waals surface area contributed by atoms with Gasteiger partial charge in [0.1, 0.15) is 16.7 Å². The molecule has 2 nitrogen and oxygen atoms in total. The first-order chi connectivity index (χ1) is 21.3. The van der Waals surface area contributed by atoms with Crippen molar-refractivity contribution in [1.82, 2.24) is 4.57 Å². The average molecular weight is 546 g/mol. The predicted molar refractivity (Wildman–Crippen MR) is 177 cm³/mol. The molecule has 3 heterocycles. The molecule has 1 aliphatic carbocycles. The van der Waals surface area contributed by atoms with E-state index in [2.05, 4.69) is 138 Å². The Morgan fingerprint density at radius 3 is 1.81 bits per heavy atom. The number of benzene rings is 7. The minimum Gasteiger partial charge on any atom is -0.456 e. The second-order valence-electron chi connectivity index (χ2n) is 12.0. The first-order valence-corrected chi connectivity index (χ1v) is 14.9. The molecule has 0 saturated carbocycles. The number of nitrogens with zero attached hydrogens (tertiary/aromatic N) is 1. The number of para-hydroxylation sites is 2. The summed E-state index contributed by atoms with van der Waals surface area (Å²) < 4.78 is 9.05. The zero-order valence-corrected chi connectivity index (χ0v) is 23.1. The summed E-state index contributed by atoms with van der Waals surface area (Å²) in [6.07, 6.45) is 0. The highest BCUT2D eigenvalue weighted by atomic mass is 16.3. The highest BCUT2D eigenvalue weighted by Gasteiger charge is 2.51. The second kappa shape index (κ2) is 7.42. The minimum absolute atomic E-state index is 0.488. The molecule has 0 amide bonds. The number of hydrogen-bond donors (Lipinski definition) is 0. The fourth-order valence-electron chi connectivity index (χ4n) is 8.56. The van der Waals surface area contributed by atoms with Crippen molar-refractivity contribution in [3.63, 3.8) is 0 Å². The van der Waals surface area contributed by atoms with E-state index in [1.54, 1.807) is 0 Å². The molecule has 43 heavy (non-hydrogen) atoms. The van der Waals surface area contributed by atoms with Crippen molar-refractivity contribution in [2.45, 2.75) is 5.54 Å². The average Bonchev–Trinajstić information content (AvgIpc) is 3.69. The maximum Gasteiger partial charge on any atom is 0.136 e. The summed E-state index contributed by atoms with van der Waals surface area (Å²) in [5.74, 6) is 0. The Bertz CT molecular complexity index is 2640. The van der Waals surface area contributed by atoms with Crippen LogP contribution in [0, 0.1) is 0 Å². The Labute approximate surface area is 247 Å². The van der Waals surface area contributed by atoms with Crippen LogP contribution in [0.25, 0.3) is 76.8 Å². The van der Waals surface area contributed by atoms with Crippen LogP contribution in [0.15, 0.2) is 144 Å². The van der Waals surface area contributed by atoms with Crippen LogP contribution >= 0.6 is 0 Å². The highest BCUT2D eigenvalue weighted by molar-refractivity contribution is 6.24. The molecule has 0 radical (unpaired) electrons. The van der Waals surface area contributed by atoms with Gasteiger partial charge in [-0.25, -0.2) is 0 Å². The number of rotatable bonds is 0. The van der Waals surface area contributed by atoms with Crippen molar-refractivity contribution >= 4 is 54.5 Å². The smallest absolute Gasteiger partial charge is 0.136 e. The molecular formula is C41H23NO. The molecule has 9 aromatic rings. The van der Waals surface area contributed by atoms with Crippen molar-refractivity contribution in [1.29, 1.82) is 0 Å². The molecule has 0 fully saturated rings. The van der Waals surface area contributed by atoms with E-state index in [9.17, 15) is 0 Å². The lowest BCUT2D eigenvalue weighted by Gasteiger charge is -2.41. The number of hydrogen-bond acceptors (Lipinski definition) is 1. The molecule has 1 aliphatic heterocycles. The lowest BCUT2D eigenvalue weighted by atomic mass is 9.73. The Balaban J connectivity index is 1.44. The number of fused-ring (bicyclic) bond motifs is 17. The molecule has 0 N–H and O–H groups in total. The van der Waals surface area contributed by atoms with Crippen molar-refractivity contribution < 1.29 is 4.42 Å². The highest BCUT2D eigenvalue weighted by Crippen LogP contribution is 2.61. The summed E-state index contributed by atoms with van der Waals surface area (Å²) in [6.45, 7) is 0. The maximum atomic E-state index is 6.37. The van der Waals surface area contributed by atoms with Gasteiger partial charge in [0.2, 0.25) is 0 Å². The van der Waals surface area contributed by atoms with E-state index in [1.807, 2.05) is 6.07 Å². The summed E-state index contributed by atoms with van der Waals surface area (Å²) >= 11 is 0. The van der Waals surface area contributed by atoms with Crippen LogP contribution in [0.3, 0.4) is 0 Å². The Kier molecular flexibility index (Phi) is 3.81. The standard InChI is InChI=1S/C41H23NO/c1-6-16-33-25(11-1)26-12-2-7-17-34(26)41(33)35-18-8-3-15-29(35)39-30-23-31-28-14-5-10-20-37(28)43-38(31)22-24(30)21-32-27-13-4-9-19-36(27)42(41)40(32)39/h1-23H. The summed E-state index contributed by atoms with van der Waals surface area (Å²) in [7, 11) is 0. The van der Waals surface area contributed by atoms with E-state index in [0.29, 0.717) is 0 Å². The molecule has 0 atom stereocenters. The van der Waals surface area contributed by atoms with E-state index < -0.39 is 5.54 Å². The molecule has 198 valence electrons. The predicted octanol–water partition coefficient (Wildman–Crippen LogP) is 10.6. The van der Waals surface area contributed by atoms with Crippen LogP contribution in [0.1, 0.15) is 16.7 Å². The molecular weight excluding hydrogens is 522 g/mol. The van der Waals surface area contributed by atoms with Crippen LogP contribution in [-0.4, -0.2) is 4.57 Å². The molecule has 0 bridgehead atoms. The normalized spacial score (nSPS) is 14.2. The second-order valence-corrected chi connectivity index (χ2v) is 12.0. The number of aromatic nitrogens is 1. The van der Waals surface area contributed by atoms with Crippen molar-refractivity contribution in [3.8, 4) is 22.3 Å². The van der Waals surface area contributed by atoms with Crippen LogP contribution in [0.4, 0.5) is 0 Å².